The molecule has 3 aromatic rings. The van der Waals surface area contributed by atoms with Crippen LogP contribution in [0.4, 0.5) is 5.95 Å². The number of aromatic nitrogens is 3. The van der Waals surface area contributed by atoms with Crippen molar-refractivity contribution in [1.82, 2.24) is 9.55 Å². The Labute approximate surface area is 176 Å². The van der Waals surface area contributed by atoms with Gasteiger partial charge in [0.15, 0.2) is 4.47 Å². The van der Waals surface area contributed by atoms with Gasteiger partial charge in [-0.3, -0.25) is 4.90 Å². The van der Waals surface area contributed by atoms with E-state index in [0.717, 1.165) is 36.8 Å². The predicted octanol–water partition coefficient (Wildman–Crippen LogP) is 2.83. The molecule has 9 heteroatoms. The second-order valence-electron chi connectivity index (χ2n) is 7.21. The molecule has 2 aliphatic heterocycles. The van der Waals surface area contributed by atoms with Crippen LogP contribution in [0.5, 0.6) is 11.6 Å². The highest BCUT2D eigenvalue weighted by molar-refractivity contribution is 7.15. The highest BCUT2D eigenvalue weighted by Gasteiger charge is 2.42. The topological polar surface area (TPSA) is 71.5 Å². The average molecular weight is 432 g/mol. The van der Waals surface area contributed by atoms with Crippen molar-refractivity contribution in [2.45, 2.75) is 25.4 Å². The molecule has 0 bridgehead atoms. The largest absolute Gasteiger partial charge is 0.497 e. The molecule has 7 nitrogen and oxygen atoms in total. The highest BCUT2D eigenvalue weighted by atomic mass is 35.5. The molecule has 0 radical (unpaired) electrons. The van der Waals surface area contributed by atoms with Crippen molar-refractivity contribution >= 4 is 28.9 Å². The quantitative estimate of drug-likeness (QED) is 0.646. The summed E-state index contributed by atoms with van der Waals surface area (Å²) in [5.41, 5.74) is 0.761. The van der Waals surface area contributed by atoms with Crippen LogP contribution in [0.3, 0.4) is 0 Å². The van der Waals surface area contributed by atoms with Crippen molar-refractivity contribution in [3.63, 3.8) is 0 Å². The standard InChI is InChI=1S/C20H19ClN4O3S/c1-28-13-5-3-12(4-6-13)16-17(26)24-9-2-8-23-10-7-14(15-11-22-19(21)29-15)25(18(16)27)20(23)24/h3-6,11,14H,2,7-10H2,1H3/p+1. The molecule has 1 atom stereocenters. The minimum atomic E-state index is -0.208. The van der Waals surface area contributed by atoms with E-state index in [1.165, 1.54) is 11.3 Å². The first-order valence-corrected chi connectivity index (χ1v) is 10.7. The number of rotatable bonds is 3. The summed E-state index contributed by atoms with van der Waals surface area (Å²) in [6, 6.07) is 7.04. The summed E-state index contributed by atoms with van der Waals surface area (Å²) in [6.45, 7) is 2.36. The van der Waals surface area contributed by atoms with Crippen LogP contribution in [0.15, 0.2) is 35.3 Å². The lowest BCUT2D eigenvalue weighted by Gasteiger charge is -2.34. The SMILES string of the molecule is COc1ccc(-c2c(O)n3c4[n+](c2=O)C(c2cnc(Cl)s2)CCN4CCC3)cc1. The van der Waals surface area contributed by atoms with Gasteiger partial charge in [-0.1, -0.05) is 23.7 Å². The van der Waals surface area contributed by atoms with Crippen molar-refractivity contribution < 1.29 is 14.4 Å². The van der Waals surface area contributed by atoms with Crippen LogP contribution in [0, 0.1) is 0 Å². The van der Waals surface area contributed by atoms with Gasteiger partial charge in [0.25, 0.3) is 5.88 Å². The normalized spacial score (nSPS) is 17.9. The third-order valence-corrected chi connectivity index (χ3v) is 6.86. The lowest BCUT2D eigenvalue weighted by molar-refractivity contribution is -0.722. The second-order valence-corrected chi connectivity index (χ2v) is 8.86. The Balaban J connectivity index is 1.77. The summed E-state index contributed by atoms with van der Waals surface area (Å²) >= 11 is 7.48. The minimum Gasteiger partial charge on any atom is -0.497 e. The molecule has 0 saturated heterocycles. The van der Waals surface area contributed by atoms with E-state index in [1.807, 2.05) is 9.13 Å². The number of methoxy groups -OCH3 is 1. The first-order chi connectivity index (χ1) is 14.1. The van der Waals surface area contributed by atoms with Gasteiger partial charge in [-0.05, 0) is 17.7 Å². The van der Waals surface area contributed by atoms with Gasteiger partial charge in [0.2, 0.25) is 0 Å². The van der Waals surface area contributed by atoms with E-state index in [0.29, 0.717) is 27.9 Å². The van der Waals surface area contributed by atoms with Crippen LogP contribution < -0.4 is 19.8 Å². The zero-order chi connectivity index (χ0) is 20.1. The zero-order valence-corrected chi connectivity index (χ0v) is 17.4. The fourth-order valence-electron chi connectivity index (χ4n) is 4.31. The van der Waals surface area contributed by atoms with Crippen molar-refractivity contribution in [3.05, 3.63) is 50.2 Å². The van der Waals surface area contributed by atoms with Gasteiger partial charge in [0.05, 0.1) is 31.6 Å². The number of thiazole rings is 1. The van der Waals surface area contributed by atoms with Crippen LogP contribution in [-0.2, 0) is 6.54 Å². The first-order valence-electron chi connectivity index (χ1n) is 9.50. The number of ether oxygens (including phenoxy) is 1. The molecule has 1 N–H and O–H groups in total. The number of nitrogens with zero attached hydrogens (tertiary/aromatic N) is 4. The number of hydrogen-bond donors (Lipinski definition) is 1. The van der Waals surface area contributed by atoms with Crippen LogP contribution in [0.25, 0.3) is 11.1 Å². The Hall–Kier alpha value is -2.58. The number of aromatic hydroxyl groups is 1. The molecular formula is C20H20ClN4O3S+. The van der Waals surface area contributed by atoms with E-state index < -0.39 is 0 Å². The van der Waals surface area contributed by atoms with E-state index in [4.69, 9.17) is 16.3 Å². The van der Waals surface area contributed by atoms with Gasteiger partial charge in [0.1, 0.15) is 17.4 Å². The first kappa shape index (κ1) is 18.4. The van der Waals surface area contributed by atoms with E-state index in [2.05, 4.69) is 9.88 Å². The van der Waals surface area contributed by atoms with E-state index in [1.54, 1.807) is 37.6 Å². The van der Waals surface area contributed by atoms with Gasteiger partial charge < -0.3 is 9.84 Å². The molecule has 4 heterocycles. The number of anilines is 1. The van der Waals surface area contributed by atoms with Crippen LogP contribution in [0.2, 0.25) is 4.47 Å². The summed E-state index contributed by atoms with van der Waals surface area (Å²) in [6.07, 6.45) is 3.46. The molecule has 5 rings (SSSR count). The molecule has 29 heavy (non-hydrogen) atoms. The van der Waals surface area contributed by atoms with Crippen molar-refractivity contribution in [3.8, 4) is 22.8 Å². The fourth-order valence-corrected chi connectivity index (χ4v) is 5.39. The Morgan fingerprint density at radius 1 is 1.28 bits per heavy atom. The van der Waals surface area contributed by atoms with Gasteiger partial charge in [-0.25, -0.2) is 9.78 Å². The molecule has 150 valence electrons. The lowest BCUT2D eigenvalue weighted by Crippen LogP contribution is -2.64. The Morgan fingerprint density at radius 2 is 2.07 bits per heavy atom. The van der Waals surface area contributed by atoms with Crippen LogP contribution >= 0.6 is 22.9 Å². The number of benzene rings is 1. The van der Waals surface area contributed by atoms with Crippen molar-refractivity contribution in [2.75, 3.05) is 25.1 Å². The van der Waals surface area contributed by atoms with Crippen LogP contribution in [0.1, 0.15) is 23.8 Å². The molecule has 0 aliphatic carbocycles. The van der Waals surface area contributed by atoms with E-state index in [-0.39, 0.29) is 17.5 Å². The maximum atomic E-state index is 13.7. The summed E-state index contributed by atoms with van der Waals surface area (Å²) in [4.78, 5) is 21.0. The Bertz CT molecular complexity index is 1140. The number of hydrogen-bond acceptors (Lipinski definition) is 6. The summed E-state index contributed by atoms with van der Waals surface area (Å²) in [7, 11) is 1.60. The monoisotopic (exact) mass is 431 g/mol. The molecule has 0 amide bonds. The molecule has 1 unspecified atom stereocenters. The molecule has 2 aliphatic rings. The van der Waals surface area contributed by atoms with Gasteiger partial charge in [-0.2, -0.15) is 9.13 Å². The Morgan fingerprint density at radius 3 is 2.76 bits per heavy atom. The molecule has 0 saturated carbocycles. The fraction of sp³-hybridized carbons (Fsp3) is 0.350. The highest BCUT2D eigenvalue weighted by Crippen LogP contribution is 2.36. The molecule has 0 spiro atoms. The van der Waals surface area contributed by atoms with Crippen molar-refractivity contribution in [2.24, 2.45) is 0 Å². The lowest BCUT2D eigenvalue weighted by atomic mass is 10.0. The average Bonchev–Trinajstić information content (AvgIpc) is 3.18. The van der Waals surface area contributed by atoms with Gasteiger partial charge in [0, 0.05) is 19.0 Å². The maximum absolute atomic E-state index is 13.7. The molecular weight excluding hydrogens is 412 g/mol. The van der Waals surface area contributed by atoms with Gasteiger partial charge in [-0.15, -0.1) is 11.3 Å². The summed E-state index contributed by atoms with van der Waals surface area (Å²) in [5, 5.41) is 11.1. The smallest absolute Gasteiger partial charge is 0.366 e. The third-order valence-electron chi connectivity index (χ3n) is 5.65. The minimum absolute atomic E-state index is 0.0131. The zero-order valence-electron chi connectivity index (χ0n) is 15.8. The Kier molecular flexibility index (Phi) is 4.48. The second kappa shape index (κ2) is 7.03. The molecule has 1 aromatic carbocycles. The van der Waals surface area contributed by atoms with E-state index >= 15 is 0 Å². The summed E-state index contributed by atoms with van der Waals surface area (Å²) < 4.78 is 9.36. The van der Waals surface area contributed by atoms with Gasteiger partial charge >= 0.3 is 11.5 Å². The van der Waals surface area contributed by atoms with E-state index in [9.17, 15) is 9.90 Å². The van der Waals surface area contributed by atoms with Crippen molar-refractivity contribution in [1.29, 1.82) is 0 Å². The summed E-state index contributed by atoms with van der Waals surface area (Å²) in [5.74, 6) is 1.47. The number of halogens is 1. The van der Waals surface area contributed by atoms with Crippen LogP contribution in [-0.4, -0.2) is 34.9 Å². The third kappa shape index (κ3) is 2.89. The molecule has 0 fully saturated rings. The molecule has 2 aromatic heterocycles. The maximum Gasteiger partial charge on any atom is 0.366 e. The predicted molar refractivity (Wildman–Crippen MR) is 111 cm³/mol.